The first kappa shape index (κ1) is 23.1. The number of alkyl halides is 2. The van der Waals surface area contributed by atoms with Gasteiger partial charge in [0, 0.05) is 11.4 Å². The zero-order chi connectivity index (χ0) is 22.1. The lowest BCUT2D eigenvalue weighted by Crippen LogP contribution is -2.45. The smallest absolute Gasteiger partial charge is 0.387 e. The summed E-state index contributed by atoms with van der Waals surface area (Å²) in [7, 11) is 1.56. The van der Waals surface area contributed by atoms with Crippen LogP contribution in [-0.4, -0.2) is 49.6 Å². The van der Waals surface area contributed by atoms with Gasteiger partial charge in [0.05, 0.1) is 19.7 Å². The number of anilines is 2. The number of nitrogens with one attached hydrogen (secondary N) is 2. The molecule has 1 atom stereocenters. The molecule has 0 unspecified atom stereocenters. The van der Waals surface area contributed by atoms with Crippen LogP contribution in [0.15, 0.2) is 48.5 Å². The Kier molecular flexibility index (Phi) is 8.54. The minimum absolute atomic E-state index is 0.00133. The van der Waals surface area contributed by atoms with Gasteiger partial charge in [-0.3, -0.25) is 14.5 Å². The number of hydrogen-bond donors (Lipinski definition) is 2. The van der Waals surface area contributed by atoms with Gasteiger partial charge in [-0.1, -0.05) is 6.92 Å². The number of carbonyl (C=O) groups excluding carboxylic acids is 2. The monoisotopic (exact) mass is 421 g/mol. The predicted octanol–water partition coefficient (Wildman–Crippen LogP) is 3.58. The molecule has 0 heterocycles. The van der Waals surface area contributed by atoms with E-state index < -0.39 is 12.7 Å². The highest BCUT2D eigenvalue weighted by atomic mass is 19.3. The Morgan fingerprint density at radius 3 is 2.00 bits per heavy atom. The van der Waals surface area contributed by atoms with E-state index in [9.17, 15) is 18.4 Å². The molecule has 0 aromatic heterocycles. The highest BCUT2D eigenvalue weighted by Crippen LogP contribution is 2.18. The molecule has 0 bridgehead atoms. The molecule has 2 N–H and O–H groups in total. The van der Waals surface area contributed by atoms with Gasteiger partial charge in [-0.25, -0.2) is 0 Å². The van der Waals surface area contributed by atoms with Crippen molar-refractivity contribution in [3.8, 4) is 11.5 Å². The van der Waals surface area contributed by atoms with Gasteiger partial charge in [0.2, 0.25) is 11.8 Å². The number of halogens is 2. The zero-order valence-corrected chi connectivity index (χ0v) is 17.0. The maximum atomic E-state index is 12.5. The predicted molar refractivity (Wildman–Crippen MR) is 110 cm³/mol. The second kappa shape index (κ2) is 11.1. The van der Waals surface area contributed by atoms with Crippen LogP contribution in [0.4, 0.5) is 20.2 Å². The molecular formula is C21H25F2N3O4. The SMILES string of the molecule is CCN(CC(=O)Nc1ccc(OC)cc1)[C@@H](C)C(=O)Nc1ccc(OC(F)F)cc1. The van der Waals surface area contributed by atoms with Crippen molar-refractivity contribution in [2.75, 3.05) is 30.8 Å². The van der Waals surface area contributed by atoms with Gasteiger partial charge in [-0.2, -0.15) is 8.78 Å². The fourth-order valence-electron chi connectivity index (χ4n) is 2.71. The quantitative estimate of drug-likeness (QED) is 0.613. The van der Waals surface area contributed by atoms with Crippen LogP contribution in [-0.2, 0) is 9.59 Å². The van der Waals surface area contributed by atoms with Gasteiger partial charge in [0.25, 0.3) is 0 Å². The second-order valence-corrected chi connectivity index (χ2v) is 6.41. The molecule has 162 valence electrons. The molecule has 0 aliphatic rings. The summed E-state index contributed by atoms with van der Waals surface area (Å²) in [6.07, 6.45) is 0. The Bertz CT molecular complexity index is 829. The van der Waals surface area contributed by atoms with Crippen molar-refractivity contribution in [2.24, 2.45) is 0 Å². The average Bonchev–Trinajstić information content (AvgIpc) is 2.73. The number of ether oxygens (including phenoxy) is 2. The lowest BCUT2D eigenvalue weighted by Gasteiger charge is -2.26. The van der Waals surface area contributed by atoms with E-state index in [0.717, 1.165) is 0 Å². The number of nitrogens with zero attached hydrogens (tertiary/aromatic N) is 1. The highest BCUT2D eigenvalue weighted by Gasteiger charge is 2.22. The summed E-state index contributed by atoms with van der Waals surface area (Å²) >= 11 is 0. The fraction of sp³-hybridized carbons (Fsp3) is 0.333. The highest BCUT2D eigenvalue weighted by molar-refractivity contribution is 5.96. The average molecular weight is 421 g/mol. The summed E-state index contributed by atoms with van der Waals surface area (Å²) in [6.45, 7) is 1.13. The molecular weight excluding hydrogens is 396 g/mol. The Labute approximate surface area is 174 Å². The van der Waals surface area contributed by atoms with Crippen molar-refractivity contribution in [1.29, 1.82) is 0 Å². The molecule has 0 saturated heterocycles. The molecule has 0 saturated carbocycles. The lowest BCUT2D eigenvalue weighted by atomic mass is 10.2. The molecule has 2 amide bonds. The van der Waals surface area contributed by atoms with Gasteiger partial charge in [0.15, 0.2) is 0 Å². The molecule has 30 heavy (non-hydrogen) atoms. The van der Waals surface area contributed by atoms with Gasteiger partial charge < -0.3 is 20.1 Å². The molecule has 0 radical (unpaired) electrons. The summed E-state index contributed by atoms with van der Waals surface area (Å²) < 4.78 is 33.8. The molecule has 0 aliphatic carbocycles. The molecule has 7 nitrogen and oxygen atoms in total. The first-order valence-electron chi connectivity index (χ1n) is 9.36. The molecule has 2 rings (SSSR count). The Balaban J connectivity index is 1.91. The van der Waals surface area contributed by atoms with Crippen LogP contribution in [0.25, 0.3) is 0 Å². The van der Waals surface area contributed by atoms with Crippen LogP contribution >= 0.6 is 0 Å². The molecule has 0 spiro atoms. The first-order valence-corrected chi connectivity index (χ1v) is 9.36. The Morgan fingerprint density at radius 2 is 1.50 bits per heavy atom. The summed E-state index contributed by atoms with van der Waals surface area (Å²) in [4.78, 5) is 26.6. The van der Waals surface area contributed by atoms with Crippen LogP contribution in [0.1, 0.15) is 13.8 Å². The van der Waals surface area contributed by atoms with Gasteiger partial charge in [-0.05, 0) is 62.0 Å². The first-order chi connectivity index (χ1) is 14.3. The van der Waals surface area contributed by atoms with E-state index in [1.165, 1.54) is 24.3 Å². The van der Waals surface area contributed by atoms with E-state index in [1.807, 2.05) is 6.92 Å². The number of rotatable bonds is 10. The van der Waals surface area contributed by atoms with E-state index >= 15 is 0 Å². The van der Waals surface area contributed by atoms with Crippen LogP contribution in [0.5, 0.6) is 11.5 Å². The standard InChI is InChI=1S/C21H25F2N3O4/c1-4-26(13-19(27)24-15-5-9-17(29-3)10-6-15)14(2)20(28)25-16-7-11-18(12-8-16)30-21(22)23/h5-12,14,21H,4,13H2,1-3H3,(H,24,27)(H,25,28)/t14-/m0/s1. The van der Waals surface area contributed by atoms with Crippen molar-refractivity contribution >= 4 is 23.2 Å². The number of methoxy groups -OCH3 is 1. The Morgan fingerprint density at radius 1 is 0.967 bits per heavy atom. The van der Waals surface area contributed by atoms with Gasteiger partial charge in [0.1, 0.15) is 11.5 Å². The van der Waals surface area contributed by atoms with E-state index in [-0.39, 0.29) is 24.1 Å². The maximum absolute atomic E-state index is 12.5. The molecule has 2 aromatic rings. The third kappa shape index (κ3) is 7.00. The van der Waals surface area contributed by atoms with Crippen molar-refractivity contribution in [3.63, 3.8) is 0 Å². The van der Waals surface area contributed by atoms with Crippen LogP contribution < -0.4 is 20.1 Å². The van der Waals surface area contributed by atoms with Gasteiger partial charge >= 0.3 is 6.61 Å². The molecule has 0 fully saturated rings. The number of amides is 2. The minimum atomic E-state index is -2.91. The summed E-state index contributed by atoms with van der Waals surface area (Å²) in [5.41, 5.74) is 1.06. The van der Waals surface area contributed by atoms with E-state index in [1.54, 1.807) is 43.2 Å². The maximum Gasteiger partial charge on any atom is 0.387 e. The van der Waals surface area contributed by atoms with Crippen LogP contribution in [0, 0.1) is 0 Å². The van der Waals surface area contributed by atoms with Crippen LogP contribution in [0.2, 0.25) is 0 Å². The normalized spacial score (nSPS) is 11.8. The summed E-state index contributed by atoms with van der Waals surface area (Å²) in [5.74, 6) is 0.107. The number of benzene rings is 2. The molecule has 2 aromatic carbocycles. The molecule has 9 heteroatoms. The molecule has 0 aliphatic heterocycles. The van der Waals surface area contributed by atoms with E-state index in [0.29, 0.717) is 23.7 Å². The third-order valence-corrected chi connectivity index (χ3v) is 4.40. The lowest BCUT2D eigenvalue weighted by molar-refractivity contribution is -0.123. The Hall–Kier alpha value is -3.20. The fourth-order valence-corrected chi connectivity index (χ4v) is 2.71. The topological polar surface area (TPSA) is 79.9 Å². The van der Waals surface area contributed by atoms with Crippen molar-refractivity contribution in [1.82, 2.24) is 4.90 Å². The van der Waals surface area contributed by atoms with E-state index in [4.69, 9.17) is 4.74 Å². The van der Waals surface area contributed by atoms with E-state index in [2.05, 4.69) is 15.4 Å². The summed E-state index contributed by atoms with van der Waals surface area (Å²) in [6, 6.07) is 12.0. The van der Waals surface area contributed by atoms with Crippen molar-refractivity contribution in [3.05, 3.63) is 48.5 Å². The summed E-state index contributed by atoms with van der Waals surface area (Å²) in [5, 5.41) is 5.48. The van der Waals surface area contributed by atoms with Crippen LogP contribution in [0.3, 0.4) is 0 Å². The largest absolute Gasteiger partial charge is 0.497 e. The zero-order valence-electron chi connectivity index (χ0n) is 17.0. The van der Waals surface area contributed by atoms with Crippen molar-refractivity contribution < 1.29 is 27.8 Å². The third-order valence-electron chi connectivity index (χ3n) is 4.40. The number of carbonyl (C=O) groups is 2. The number of hydrogen-bond acceptors (Lipinski definition) is 5. The van der Waals surface area contributed by atoms with Crippen molar-refractivity contribution in [2.45, 2.75) is 26.5 Å². The van der Waals surface area contributed by atoms with Gasteiger partial charge in [-0.15, -0.1) is 0 Å². The second-order valence-electron chi connectivity index (χ2n) is 6.41. The number of likely N-dealkylation sites (N-methyl/N-ethyl adjacent to an activating group) is 1. The minimum Gasteiger partial charge on any atom is -0.497 e.